The Morgan fingerprint density at radius 1 is 1.07 bits per heavy atom. The molecule has 0 bridgehead atoms. The van der Waals surface area contributed by atoms with E-state index in [9.17, 15) is 14.9 Å². The molecule has 1 aliphatic heterocycles. The topological polar surface area (TPSA) is 124 Å². The Labute approximate surface area is 244 Å². The Morgan fingerprint density at radius 3 is 2.62 bits per heavy atom. The number of hydrogen-bond donors (Lipinski definition) is 1. The molecule has 2 amide bonds. The molecule has 3 aromatic heterocycles. The standard InChI is InChI=1S/C32H31N7O3/c1-32(2,3)42-31(41)39(27-14-20(18-33)8-10-34-27)28-17-24(21-4-5-21)16-26(37-28)23-7-6-22-9-11-36-30(25(22)15-23)38-13-12-35-29(40)19-38/h6-11,14-17,21H,4-5,12-13,19H2,1-3H3,(H,35,40). The number of piperazine rings is 1. The largest absolute Gasteiger partial charge is 0.443 e. The molecular formula is C32H31N7O3. The maximum atomic E-state index is 13.6. The Hall–Kier alpha value is -5.04. The molecule has 0 atom stereocenters. The summed E-state index contributed by atoms with van der Waals surface area (Å²) in [5, 5.41) is 14.3. The third-order valence-corrected chi connectivity index (χ3v) is 7.17. The number of nitriles is 1. The Bertz CT molecular complexity index is 1740. The first-order chi connectivity index (χ1) is 20.2. The average Bonchev–Trinajstić information content (AvgIpc) is 3.82. The van der Waals surface area contributed by atoms with Gasteiger partial charge in [-0.15, -0.1) is 0 Å². The van der Waals surface area contributed by atoms with Crippen molar-refractivity contribution in [3.8, 4) is 17.3 Å². The van der Waals surface area contributed by atoms with Crippen LogP contribution in [0.4, 0.5) is 22.2 Å². The number of carbonyl (C=O) groups excluding carboxylic acids is 2. The molecule has 1 saturated carbocycles. The van der Waals surface area contributed by atoms with Crippen molar-refractivity contribution in [2.24, 2.45) is 0 Å². The maximum Gasteiger partial charge on any atom is 0.421 e. The predicted molar refractivity (Wildman–Crippen MR) is 159 cm³/mol. The maximum absolute atomic E-state index is 13.6. The summed E-state index contributed by atoms with van der Waals surface area (Å²) in [6, 6.07) is 17.2. The number of hydrogen-bond acceptors (Lipinski definition) is 8. The van der Waals surface area contributed by atoms with Gasteiger partial charge in [0.25, 0.3) is 0 Å². The molecular weight excluding hydrogens is 530 g/mol. The quantitative estimate of drug-likeness (QED) is 0.341. The molecule has 0 spiro atoms. The number of benzene rings is 1. The first-order valence-electron chi connectivity index (χ1n) is 14.0. The molecule has 10 heteroatoms. The minimum absolute atomic E-state index is 0.0315. The van der Waals surface area contributed by atoms with E-state index < -0.39 is 11.7 Å². The smallest absolute Gasteiger partial charge is 0.421 e. The van der Waals surface area contributed by atoms with Gasteiger partial charge >= 0.3 is 6.09 Å². The van der Waals surface area contributed by atoms with E-state index in [4.69, 9.17) is 9.72 Å². The summed E-state index contributed by atoms with van der Waals surface area (Å²) in [5.74, 6) is 1.70. The zero-order chi connectivity index (χ0) is 29.4. The van der Waals surface area contributed by atoms with E-state index in [0.717, 1.165) is 40.6 Å². The van der Waals surface area contributed by atoms with Crippen molar-refractivity contribution in [3.63, 3.8) is 0 Å². The molecule has 4 aromatic rings. The summed E-state index contributed by atoms with van der Waals surface area (Å²) in [7, 11) is 0. The summed E-state index contributed by atoms with van der Waals surface area (Å²) in [5.41, 5.74) is 2.22. The van der Waals surface area contributed by atoms with Gasteiger partial charge in [0.05, 0.1) is 23.9 Å². The SMILES string of the molecule is CC(C)(C)OC(=O)N(c1cc(C#N)ccn1)c1cc(C2CC2)cc(-c2ccc3ccnc(N4CCNC(=O)C4)c3c2)n1. The summed E-state index contributed by atoms with van der Waals surface area (Å²) in [6.45, 7) is 6.88. The second-order valence-electron chi connectivity index (χ2n) is 11.6. The van der Waals surface area contributed by atoms with Crippen LogP contribution in [0.3, 0.4) is 0 Å². The van der Waals surface area contributed by atoms with Crippen LogP contribution in [0.25, 0.3) is 22.0 Å². The van der Waals surface area contributed by atoms with Gasteiger partial charge in [0.1, 0.15) is 23.1 Å². The molecule has 4 heterocycles. The van der Waals surface area contributed by atoms with Crippen molar-refractivity contribution in [2.75, 3.05) is 29.4 Å². The zero-order valence-corrected chi connectivity index (χ0v) is 23.8. The molecule has 212 valence electrons. The lowest BCUT2D eigenvalue weighted by Crippen LogP contribution is -2.48. The molecule has 0 unspecified atom stereocenters. The average molecular weight is 562 g/mol. The van der Waals surface area contributed by atoms with Crippen molar-refractivity contribution < 1.29 is 14.3 Å². The number of aromatic nitrogens is 3. The molecule has 1 aliphatic carbocycles. The minimum atomic E-state index is -0.758. The Balaban J connectivity index is 1.48. The summed E-state index contributed by atoms with van der Waals surface area (Å²) in [6.07, 6.45) is 4.73. The number of fused-ring (bicyclic) bond motifs is 1. The van der Waals surface area contributed by atoms with Crippen LogP contribution in [-0.2, 0) is 9.53 Å². The highest BCUT2D eigenvalue weighted by molar-refractivity contribution is 5.97. The van der Waals surface area contributed by atoms with E-state index in [1.54, 1.807) is 39.1 Å². The third-order valence-electron chi connectivity index (χ3n) is 7.17. The third kappa shape index (κ3) is 5.72. The van der Waals surface area contributed by atoms with Gasteiger partial charge in [-0.3, -0.25) is 4.79 Å². The predicted octanol–water partition coefficient (Wildman–Crippen LogP) is 5.45. The highest BCUT2D eigenvalue weighted by Crippen LogP contribution is 2.43. The summed E-state index contributed by atoms with van der Waals surface area (Å²) < 4.78 is 5.77. The second kappa shape index (κ2) is 10.7. The number of pyridine rings is 3. The first kappa shape index (κ1) is 27.1. The van der Waals surface area contributed by atoms with Crippen LogP contribution >= 0.6 is 0 Å². The summed E-state index contributed by atoms with van der Waals surface area (Å²) >= 11 is 0. The van der Waals surface area contributed by atoms with Crippen LogP contribution in [-0.4, -0.2) is 52.2 Å². The van der Waals surface area contributed by atoms with Gasteiger partial charge < -0.3 is 15.0 Å². The van der Waals surface area contributed by atoms with Crippen molar-refractivity contribution >= 4 is 40.2 Å². The van der Waals surface area contributed by atoms with E-state index >= 15 is 0 Å². The number of ether oxygens (including phenoxy) is 1. The second-order valence-corrected chi connectivity index (χ2v) is 11.6. The van der Waals surface area contributed by atoms with Crippen molar-refractivity contribution in [1.82, 2.24) is 20.3 Å². The van der Waals surface area contributed by atoms with E-state index in [-0.39, 0.29) is 18.3 Å². The van der Waals surface area contributed by atoms with E-state index in [0.29, 0.717) is 36.1 Å². The van der Waals surface area contributed by atoms with E-state index in [2.05, 4.69) is 27.4 Å². The van der Waals surface area contributed by atoms with Crippen molar-refractivity contribution in [2.45, 2.75) is 45.1 Å². The molecule has 2 fully saturated rings. The van der Waals surface area contributed by atoms with Crippen LogP contribution in [0.1, 0.15) is 50.7 Å². The molecule has 0 radical (unpaired) electrons. The number of amides is 2. The normalized spacial score (nSPS) is 15.2. The summed E-state index contributed by atoms with van der Waals surface area (Å²) in [4.78, 5) is 43.1. The molecule has 6 rings (SSSR count). The molecule has 1 aromatic carbocycles. The van der Waals surface area contributed by atoms with Crippen LogP contribution in [0.15, 0.2) is 60.9 Å². The highest BCUT2D eigenvalue weighted by Gasteiger charge is 2.31. The Kier molecular flexibility index (Phi) is 6.94. The number of rotatable bonds is 5. The van der Waals surface area contributed by atoms with Gasteiger partial charge in [-0.05, 0) is 86.9 Å². The van der Waals surface area contributed by atoms with E-state index in [1.165, 1.54) is 11.1 Å². The first-order valence-corrected chi connectivity index (χ1v) is 14.0. The van der Waals surface area contributed by atoms with Crippen LogP contribution in [0.5, 0.6) is 0 Å². The van der Waals surface area contributed by atoms with Gasteiger partial charge in [-0.2, -0.15) is 5.26 Å². The fourth-order valence-electron chi connectivity index (χ4n) is 5.06. The lowest BCUT2D eigenvalue weighted by Gasteiger charge is -2.28. The monoisotopic (exact) mass is 561 g/mol. The molecule has 42 heavy (non-hydrogen) atoms. The van der Waals surface area contributed by atoms with Crippen LogP contribution < -0.4 is 15.1 Å². The van der Waals surface area contributed by atoms with Crippen molar-refractivity contribution in [1.29, 1.82) is 5.26 Å². The molecule has 1 saturated heterocycles. The zero-order valence-electron chi connectivity index (χ0n) is 23.8. The number of anilines is 3. The van der Waals surface area contributed by atoms with Gasteiger partial charge in [-0.1, -0.05) is 12.1 Å². The fraction of sp³-hybridized carbons (Fsp3) is 0.312. The Morgan fingerprint density at radius 2 is 1.88 bits per heavy atom. The number of nitrogens with one attached hydrogen (secondary N) is 1. The van der Waals surface area contributed by atoms with Crippen molar-refractivity contribution in [3.05, 3.63) is 72.1 Å². The highest BCUT2D eigenvalue weighted by atomic mass is 16.6. The van der Waals surface area contributed by atoms with Gasteiger partial charge in [0.15, 0.2) is 0 Å². The minimum Gasteiger partial charge on any atom is -0.443 e. The van der Waals surface area contributed by atoms with Crippen LogP contribution in [0.2, 0.25) is 0 Å². The number of nitrogens with zero attached hydrogens (tertiary/aromatic N) is 6. The molecule has 10 nitrogen and oxygen atoms in total. The lowest BCUT2D eigenvalue weighted by atomic mass is 10.0. The van der Waals surface area contributed by atoms with E-state index in [1.807, 2.05) is 35.2 Å². The van der Waals surface area contributed by atoms with Gasteiger partial charge in [0, 0.05) is 36.4 Å². The number of carbonyl (C=O) groups is 2. The van der Waals surface area contributed by atoms with Crippen LogP contribution in [0, 0.1) is 11.3 Å². The molecule has 2 aliphatic rings. The van der Waals surface area contributed by atoms with Gasteiger partial charge in [0.2, 0.25) is 5.91 Å². The lowest BCUT2D eigenvalue weighted by molar-refractivity contribution is -0.120. The molecule has 1 N–H and O–H groups in total. The van der Waals surface area contributed by atoms with Gasteiger partial charge in [-0.25, -0.2) is 24.6 Å². The fourth-order valence-corrected chi connectivity index (χ4v) is 5.06.